The van der Waals surface area contributed by atoms with E-state index in [-0.39, 0.29) is 17.6 Å². The molecule has 0 saturated carbocycles. The van der Waals surface area contributed by atoms with E-state index in [9.17, 15) is 9.90 Å². The average molecular weight is 270 g/mol. The zero-order valence-electron chi connectivity index (χ0n) is 10.1. The number of carbonyl (C=O) groups is 1. The van der Waals surface area contributed by atoms with Crippen LogP contribution in [0.4, 0.5) is 5.82 Å². The van der Waals surface area contributed by atoms with E-state index in [4.69, 9.17) is 17.3 Å². The van der Waals surface area contributed by atoms with Gasteiger partial charge in [-0.3, -0.25) is 4.79 Å². The third-order valence-electron chi connectivity index (χ3n) is 3.32. The van der Waals surface area contributed by atoms with Gasteiger partial charge in [0, 0.05) is 19.3 Å². The van der Waals surface area contributed by atoms with Crippen LogP contribution in [-0.4, -0.2) is 35.2 Å². The Morgan fingerprint density at radius 1 is 1.67 bits per heavy atom. The van der Waals surface area contributed by atoms with Gasteiger partial charge in [0.1, 0.15) is 5.82 Å². The zero-order valence-corrected chi connectivity index (χ0v) is 10.9. The van der Waals surface area contributed by atoms with Crippen LogP contribution in [0.15, 0.2) is 12.3 Å². The maximum absolute atomic E-state index is 11.0. The standard InChI is InChI=1S/C12H16ClN3O2/c1-7-2-3-16(6-10(7)17)12-9(13)4-8(5-15-12)11(14)18/h4-5,7,10,17H,2-3,6H2,1H3,(H2,14,18). The molecular formula is C12H16ClN3O2. The molecule has 1 aliphatic heterocycles. The van der Waals surface area contributed by atoms with Crippen molar-refractivity contribution in [3.63, 3.8) is 0 Å². The van der Waals surface area contributed by atoms with Gasteiger partial charge in [0.25, 0.3) is 0 Å². The van der Waals surface area contributed by atoms with E-state index in [0.717, 1.165) is 13.0 Å². The molecule has 2 unspecified atom stereocenters. The van der Waals surface area contributed by atoms with E-state index in [1.807, 2.05) is 11.8 Å². The Kier molecular flexibility index (Phi) is 3.73. The summed E-state index contributed by atoms with van der Waals surface area (Å²) in [6.45, 7) is 3.32. The van der Waals surface area contributed by atoms with Crippen molar-refractivity contribution in [2.24, 2.45) is 11.7 Å². The highest BCUT2D eigenvalue weighted by atomic mass is 35.5. The second kappa shape index (κ2) is 5.12. The van der Waals surface area contributed by atoms with Crippen molar-refractivity contribution in [1.29, 1.82) is 0 Å². The van der Waals surface area contributed by atoms with Gasteiger partial charge >= 0.3 is 0 Å². The van der Waals surface area contributed by atoms with Crippen molar-refractivity contribution >= 4 is 23.3 Å². The van der Waals surface area contributed by atoms with Crippen LogP contribution in [0.3, 0.4) is 0 Å². The summed E-state index contributed by atoms with van der Waals surface area (Å²) in [5.74, 6) is 0.320. The Bertz CT molecular complexity index is 467. The first-order valence-electron chi connectivity index (χ1n) is 5.87. The van der Waals surface area contributed by atoms with Crippen LogP contribution in [0.5, 0.6) is 0 Å². The Morgan fingerprint density at radius 2 is 2.39 bits per heavy atom. The molecule has 2 atom stereocenters. The molecule has 18 heavy (non-hydrogen) atoms. The summed E-state index contributed by atoms with van der Waals surface area (Å²) in [6.07, 6.45) is 1.91. The van der Waals surface area contributed by atoms with Crippen molar-refractivity contribution in [2.45, 2.75) is 19.4 Å². The molecule has 5 nitrogen and oxygen atoms in total. The number of pyridine rings is 1. The molecule has 0 aromatic carbocycles. The number of hydrogen-bond donors (Lipinski definition) is 2. The molecule has 1 saturated heterocycles. The van der Waals surface area contributed by atoms with E-state index in [2.05, 4.69) is 4.98 Å². The van der Waals surface area contributed by atoms with Crippen LogP contribution in [0.2, 0.25) is 5.02 Å². The maximum atomic E-state index is 11.0. The number of anilines is 1. The average Bonchev–Trinajstić information content (AvgIpc) is 2.32. The fourth-order valence-electron chi connectivity index (χ4n) is 2.04. The number of rotatable bonds is 2. The van der Waals surface area contributed by atoms with Crippen LogP contribution < -0.4 is 10.6 Å². The van der Waals surface area contributed by atoms with Crippen LogP contribution in [0.25, 0.3) is 0 Å². The molecule has 1 fully saturated rings. The number of nitrogens with two attached hydrogens (primary N) is 1. The molecule has 2 rings (SSSR count). The van der Waals surface area contributed by atoms with Crippen LogP contribution in [0.1, 0.15) is 23.7 Å². The first-order valence-corrected chi connectivity index (χ1v) is 6.25. The third-order valence-corrected chi connectivity index (χ3v) is 3.60. The van der Waals surface area contributed by atoms with Crippen LogP contribution in [-0.2, 0) is 0 Å². The minimum absolute atomic E-state index is 0.282. The zero-order chi connectivity index (χ0) is 13.3. The number of aliphatic hydroxyl groups excluding tert-OH is 1. The van der Waals surface area contributed by atoms with Crippen LogP contribution >= 0.6 is 11.6 Å². The van der Waals surface area contributed by atoms with Crippen molar-refractivity contribution in [1.82, 2.24) is 4.98 Å². The summed E-state index contributed by atoms with van der Waals surface area (Å²) in [5, 5.41) is 10.2. The van der Waals surface area contributed by atoms with E-state index >= 15 is 0 Å². The Hall–Kier alpha value is -1.33. The van der Waals surface area contributed by atoms with Gasteiger partial charge in [-0.2, -0.15) is 0 Å². The first kappa shape index (κ1) is 13.1. The Labute approximate surface area is 111 Å². The largest absolute Gasteiger partial charge is 0.391 e. The van der Waals surface area contributed by atoms with Gasteiger partial charge in [0.15, 0.2) is 0 Å². The summed E-state index contributed by atoms with van der Waals surface area (Å²) in [5.41, 5.74) is 5.45. The first-order chi connectivity index (χ1) is 8.49. The summed E-state index contributed by atoms with van der Waals surface area (Å²) in [6, 6.07) is 1.51. The number of aliphatic hydroxyl groups is 1. The molecule has 1 aromatic rings. The van der Waals surface area contributed by atoms with E-state index in [0.29, 0.717) is 17.4 Å². The van der Waals surface area contributed by atoms with E-state index < -0.39 is 5.91 Å². The SMILES string of the molecule is CC1CCN(c2ncc(C(N)=O)cc2Cl)CC1O. The third kappa shape index (κ3) is 2.57. The predicted molar refractivity (Wildman–Crippen MR) is 69.8 cm³/mol. The number of nitrogens with zero attached hydrogens (tertiary/aromatic N) is 2. The number of carbonyl (C=O) groups excluding carboxylic acids is 1. The highest BCUT2D eigenvalue weighted by molar-refractivity contribution is 6.33. The van der Waals surface area contributed by atoms with Crippen molar-refractivity contribution in [3.05, 3.63) is 22.8 Å². The van der Waals surface area contributed by atoms with Gasteiger partial charge < -0.3 is 15.7 Å². The smallest absolute Gasteiger partial charge is 0.250 e. The Balaban J connectivity index is 2.21. The van der Waals surface area contributed by atoms with Crippen molar-refractivity contribution in [2.75, 3.05) is 18.0 Å². The van der Waals surface area contributed by atoms with E-state index in [1.165, 1.54) is 12.3 Å². The summed E-state index contributed by atoms with van der Waals surface area (Å²) in [4.78, 5) is 17.1. The van der Waals surface area contributed by atoms with Gasteiger partial charge in [0.05, 0.1) is 16.7 Å². The van der Waals surface area contributed by atoms with Gasteiger partial charge in [0.2, 0.25) is 5.91 Å². The summed E-state index contributed by atoms with van der Waals surface area (Å²) in [7, 11) is 0. The number of aromatic nitrogens is 1. The fraction of sp³-hybridized carbons (Fsp3) is 0.500. The molecule has 0 aliphatic carbocycles. The lowest BCUT2D eigenvalue weighted by Gasteiger charge is -2.35. The van der Waals surface area contributed by atoms with Crippen LogP contribution in [0, 0.1) is 5.92 Å². The molecule has 98 valence electrons. The molecule has 3 N–H and O–H groups in total. The number of β-amino-alcohol motifs (C(OH)–C–C–N with tert-alkyl or cyclic N) is 1. The molecule has 1 amide bonds. The van der Waals surface area contributed by atoms with Gasteiger partial charge in [-0.15, -0.1) is 0 Å². The summed E-state index contributed by atoms with van der Waals surface area (Å²) < 4.78 is 0. The highest BCUT2D eigenvalue weighted by Crippen LogP contribution is 2.28. The molecule has 0 spiro atoms. The van der Waals surface area contributed by atoms with E-state index in [1.54, 1.807) is 0 Å². The lowest BCUT2D eigenvalue weighted by Crippen LogP contribution is -2.43. The number of amides is 1. The lowest BCUT2D eigenvalue weighted by molar-refractivity contribution is 0.0997. The molecule has 2 heterocycles. The van der Waals surface area contributed by atoms with Gasteiger partial charge in [-0.25, -0.2) is 4.98 Å². The fourth-order valence-corrected chi connectivity index (χ4v) is 2.33. The van der Waals surface area contributed by atoms with Gasteiger partial charge in [-0.1, -0.05) is 18.5 Å². The molecule has 1 aromatic heterocycles. The maximum Gasteiger partial charge on any atom is 0.250 e. The predicted octanol–water partition coefficient (Wildman–Crippen LogP) is 1.04. The normalized spacial score (nSPS) is 24.1. The molecule has 6 heteroatoms. The second-order valence-electron chi connectivity index (χ2n) is 4.67. The molecule has 0 radical (unpaired) electrons. The summed E-state index contributed by atoms with van der Waals surface area (Å²) >= 11 is 6.10. The molecular weight excluding hydrogens is 254 g/mol. The minimum atomic E-state index is -0.553. The number of hydrogen-bond acceptors (Lipinski definition) is 4. The highest BCUT2D eigenvalue weighted by Gasteiger charge is 2.26. The molecule has 0 bridgehead atoms. The molecule has 1 aliphatic rings. The monoisotopic (exact) mass is 269 g/mol. The topological polar surface area (TPSA) is 79.5 Å². The van der Waals surface area contributed by atoms with Gasteiger partial charge in [-0.05, 0) is 18.4 Å². The second-order valence-corrected chi connectivity index (χ2v) is 5.08. The quantitative estimate of drug-likeness (QED) is 0.841. The van der Waals surface area contributed by atoms with Crippen molar-refractivity contribution < 1.29 is 9.90 Å². The number of primary amides is 1. The lowest BCUT2D eigenvalue weighted by atomic mass is 9.96. The minimum Gasteiger partial charge on any atom is -0.391 e. The number of piperidine rings is 1. The Morgan fingerprint density at radius 3 is 2.94 bits per heavy atom. The number of halogens is 1. The van der Waals surface area contributed by atoms with Crippen molar-refractivity contribution in [3.8, 4) is 0 Å².